The number of anilines is 2. The van der Waals surface area contributed by atoms with E-state index in [2.05, 4.69) is 20.3 Å². The van der Waals surface area contributed by atoms with E-state index in [0.717, 1.165) is 22.1 Å². The molecule has 5 N–H and O–H groups in total. The van der Waals surface area contributed by atoms with Crippen LogP contribution in [0.3, 0.4) is 0 Å². The van der Waals surface area contributed by atoms with Gasteiger partial charge in [0.05, 0.1) is 11.4 Å². The summed E-state index contributed by atoms with van der Waals surface area (Å²) >= 11 is -2.10. The minimum absolute atomic E-state index is 0.533. The van der Waals surface area contributed by atoms with E-state index in [-0.39, 0.29) is 0 Å². The third-order valence-electron chi connectivity index (χ3n) is 3.71. The zero-order chi connectivity index (χ0) is 18.4. The Hall–Kier alpha value is -2.81. The van der Waals surface area contributed by atoms with Crippen molar-refractivity contribution in [2.24, 2.45) is 16.0 Å². The topological polar surface area (TPSA) is 112 Å². The maximum atomic E-state index is 10.7. The highest BCUT2D eigenvalue weighted by Gasteiger charge is 2.05. The van der Waals surface area contributed by atoms with Crippen LogP contribution in [-0.4, -0.2) is 21.9 Å². The number of rotatable bonds is 7. The van der Waals surface area contributed by atoms with Crippen molar-refractivity contribution in [1.82, 2.24) is 0 Å². The van der Waals surface area contributed by atoms with Gasteiger partial charge in [0.2, 0.25) is 0 Å². The average molecular weight is 369 g/mol. The molecular formula is C18H19N5O2S. The molecular weight excluding hydrogens is 350 g/mol. The monoisotopic (exact) mass is 369 g/mol. The third-order valence-corrected chi connectivity index (χ3v) is 4.12. The standard InChI is InChI=1S/C18H19N5O2S/c19-11-12-20-17-9-10-18(16-4-2-1-3-15(16)17)22-21-13-5-7-14(8-6-13)23-26(24)25/h1-10,20,23H,11-12,19H2,(H,24,25). The second-order valence-corrected chi connectivity index (χ2v) is 6.19. The Balaban J connectivity index is 1.86. The van der Waals surface area contributed by atoms with Crippen LogP contribution in [0.1, 0.15) is 0 Å². The highest BCUT2D eigenvalue weighted by atomic mass is 32.2. The maximum absolute atomic E-state index is 10.7. The van der Waals surface area contributed by atoms with Crippen LogP contribution >= 0.6 is 0 Å². The molecule has 26 heavy (non-hydrogen) atoms. The van der Waals surface area contributed by atoms with Crippen LogP contribution in [0.2, 0.25) is 0 Å². The van der Waals surface area contributed by atoms with Crippen LogP contribution in [-0.2, 0) is 11.3 Å². The summed E-state index contributed by atoms with van der Waals surface area (Å²) in [5, 5.41) is 14.0. The lowest BCUT2D eigenvalue weighted by molar-refractivity contribution is 0.570. The zero-order valence-corrected chi connectivity index (χ0v) is 14.7. The maximum Gasteiger partial charge on any atom is 0.259 e. The van der Waals surface area contributed by atoms with Gasteiger partial charge in [0.1, 0.15) is 0 Å². The molecule has 0 fully saturated rings. The first-order chi connectivity index (χ1) is 12.7. The minimum Gasteiger partial charge on any atom is -0.383 e. The van der Waals surface area contributed by atoms with Crippen LogP contribution < -0.4 is 15.8 Å². The Morgan fingerprint density at radius 2 is 1.69 bits per heavy atom. The predicted molar refractivity (Wildman–Crippen MR) is 107 cm³/mol. The molecule has 0 saturated heterocycles. The molecule has 0 aliphatic heterocycles. The van der Waals surface area contributed by atoms with Gasteiger partial charge in [-0.3, -0.25) is 9.27 Å². The Kier molecular flexibility index (Phi) is 5.90. The second kappa shape index (κ2) is 8.52. The van der Waals surface area contributed by atoms with Gasteiger partial charge in [-0.25, -0.2) is 4.21 Å². The Labute approximate surface area is 153 Å². The van der Waals surface area contributed by atoms with Gasteiger partial charge in [-0.15, -0.1) is 5.11 Å². The predicted octanol–water partition coefficient (Wildman–Crippen LogP) is 4.17. The lowest BCUT2D eigenvalue weighted by Crippen LogP contribution is -2.13. The molecule has 1 unspecified atom stereocenters. The fourth-order valence-corrected chi connectivity index (χ4v) is 2.88. The summed E-state index contributed by atoms with van der Waals surface area (Å²) < 4.78 is 21.9. The van der Waals surface area contributed by atoms with Gasteiger partial charge in [-0.1, -0.05) is 24.3 Å². The summed E-state index contributed by atoms with van der Waals surface area (Å²) in [6.45, 7) is 1.26. The fraction of sp³-hybridized carbons (Fsp3) is 0.111. The van der Waals surface area contributed by atoms with E-state index >= 15 is 0 Å². The second-order valence-electron chi connectivity index (χ2n) is 5.49. The van der Waals surface area contributed by atoms with E-state index in [0.29, 0.717) is 24.5 Å². The molecule has 7 nitrogen and oxygen atoms in total. The van der Waals surface area contributed by atoms with Crippen LogP contribution in [0.5, 0.6) is 0 Å². The molecule has 0 bridgehead atoms. The van der Waals surface area contributed by atoms with Gasteiger partial charge in [0.15, 0.2) is 0 Å². The van der Waals surface area contributed by atoms with Gasteiger partial charge >= 0.3 is 0 Å². The van der Waals surface area contributed by atoms with E-state index in [1.54, 1.807) is 24.3 Å². The molecule has 3 aromatic rings. The van der Waals surface area contributed by atoms with Gasteiger partial charge in [0.25, 0.3) is 11.3 Å². The van der Waals surface area contributed by atoms with Crippen molar-refractivity contribution < 1.29 is 8.76 Å². The highest BCUT2D eigenvalue weighted by molar-refractivity contribution is 7.80. The summed E-state index contributed by atoms with van der Waals surface area (Å²) in [6, 6.07) is 18.6. The first-order valence-corrected chi connectivity index (χ1v) is 9.13. The molecule has 0 saturated carbocycles. The molecule has 3 rings (SSSR count). The lowest BCUT2D eigenvalue weighted by Gasteiger charge is -2.10. The number of nitrogens with two attached hydrogens (primary N) is 1. The van der Waals surface area contributed by atoms with Crippen molar-refractivity contribution in [2.45, 2.75) is 0 Å². The Bertz CT molecular complexity index is 944. The van der Waals surface area contributed by atoms with E-state index in [1.165, 1.54) is 0 Å². The quantitative estimate of drug-likeness (QED) is 0.370. The number of hydrogen-bond acceptors (Lipinski definition) is 5. The van der Waals surface area contributed by atoms with Crippen molar-refractivity contribution in [3.05, 3.63) is 60.7 Å². The molecule has 0 radical (unpaired) electrons. The summed E-state index contributed by atoms with van der Waals surface area (Å²) in [6.07, 6.45) is 0. The van der Waals surface area contributed by atoms with Crippen LogP contribution in [0.15, 0.2) is 70.9 Å². The van der Waals surface area contributed by atoms with Gasteiger partial charge in [-0.05, 0) is 36.4 Å². The molecule has 3 aromatic carbocycles. The van der Waals surface area contributed by atoms with Crippen molar-refractivity contribution in [1.29, 1.82) is 0 Å². The summed E-state index contributed by atoms with van der Waals surface area (Å²) in [7, 11) is 0. The van der Waals surface area contributed by atoms with E-state index in [1.807, 2.05) is 36.4 Å². The lowest BCUT2D eigenvalue weighted by atomic mass is 10.1. The number of hydrogen-bond donors (Lipinski definition) is 4. The molecule has 0 amide bonds. The summed E-state index contributed by atoms with van der Waals surface area (Å²) in [5.41, 5.74) is 8.52. The molecule has 1 atom stereocenters. The first kappa shape index (κ1) is 18.0. The van der Waals surface area contributed by atoms with Crippen molar-refractivity contribution in [3.8, 4) is 0 Å². The van der Waals surface area contributed by atoms with E-state index in [4.69, 9.17) is 10.3 Å². The largest absolute Gasteiger partial charge is 0.383 e. The van der Waals surface area contributed by atoms with Gasteiger partial charge in [-0.2, -0.15) is 5.11 Å². The SMILES string of the molecule is NCCNc1ccc(N=Nc2ccc(NS(=O)O)cc2)c2ccccc12. The highest BCUT2D eigenvalue weighted by Crippen LogP contribution is 2.32. The smallest absolute Gasteiger partial charge is 0.259 e. The minimum atomic E-state index is -2.10. The van der Waals surface area contributed by atoms with Crippen LogP contribution in [0, 0.1) is 0 Å². The molecule has 134 valence electrons. The van der Waals surface area contributed by atoms with Crippen molar-refractivity contribution in [3.63, 3.8) is 0 Å². The zero-order valence-electron chi connectivity index (χ0n) is 13.9. The molecule has 0 aliphatic carbocycles. The molecule has 0 aromatic heterocycles. The fourth-order valence-electron chi connectivity index (χ4n) is 2.54. The molecule has 8 heteroatoms. The van der Waals surface area contributed by atoms with Crippen molar-refractivity contribution in [2.75, 3.05) is 23.1 Å². The number of nitrogens with one attached hydrogen (secondary N) is 2. The molecule has 0 aliphatic rings. The first-order valence-electron chi connectivity index (χ1n) is 8.02. The number of fused-ring (bicyclic) bond motifs is 1. The van der Waals surface area contributed by atoms with Crippen molar-refractivity contribution >= 4 is 44.8 Å². The molecule has 0 spiro atoms. The van der Waals surface area contributed by atoms with E-state index in [9.17, 15) is 4.21 Å². The normalized spacial score (nSPS) is 12.4. The number of azo groups is 1. The average Bonchev–Trinajstić information content (AvgIpc) is 2.66. The summed E-state index contributed by atoms with van der Waals surface area (Å²) in [5.74, 6) is 0. The third kappa shape index (κ3) is 4.42. The van der Waals surface area contributed by atoms with Crippen LogP contribution in [0.25, 0.3) is 10.8 Å². The Morgan fingerprint density at radius 3 is 2.38 bits per heavy atom. The number of benzene rings is 3. The van der Waals surface area contributed by atoms with E-state index < -0.39 is 11.3 Å². The summed E-state index contributed by atoms with van der Waals surface area (Å²) in [4.78, 5) is 0. The van der Waals surface area contributed by atoms with Gasteiger partial charge < -0.3 is 11.1 Å². The van der Waals surface area contributed by atoms with Gasteiger partial charge in [0, 0.05) is 35.2 Å². The Morgan fingerprint density at radius 1 is 0.962 bits per heavy atom. The number of nitrogens with zero attached hydrogens (tertiary/aromatic N) is 2. The molecule has 0 heterocycles. The van der Waals surface area contributed by atoms with Crippen LogP contribution in [0.4, 0.5) is 22.7 Å².